The summed E-state index contributed by atoms with van der Waals surface area (Å²) < 4.78 is 7.15. The topological polar surface area (TPSA) is 53.1 Å². The summed E-state index contributed by atoms with van der Waals surface area (Å²) in [6.07, 6.45) is 6.74. The summed E-state index contributed by atoms with van der Waals surface area (Å²) in [5.41, 5.74) is 6.08. The summed E-state index contributed by atoms with van der Waals surface area (Å²) in [7, 11) is 3.75. The van der Waals surface area contributed by atoms with Gasteiger partial charge in [-0.1, -0.05) is 6.92 Å². The van der Waals surface area contributed by atoms with Crippen LogP contribution in [0.3, 0.4) is 0 Å². The van der Waals surface area contributed by atoms with Gasteiger partial charge in [0.2, 0.25) is 0 Å². The third-order valence-corrected chi connectivity index (χ3v) is 2.82. The molecule has 0 bridgehead atoms. The number of imidazole rings is 1. The van der Waals surface area contributed by atoms with Crippen LogP contribution in [0.5, 0.6) is 0 Å². The van der Waals surface area contributed by atoms with Crippen LogP contribution in [0.15, 0.2) is 12.4 Å². The van der Waals surface area contributed by atoms with E-state index in [9.17, 15) is 0 Å². The molecule has 1 aromatic rings. The van der Waals surface area contributed by atoms with Crippen molar-refractivity contribution in [2.45, 2.75) is 32.2 Å². The summed E-state index contributed by atoms with van der Waals surface area (Å²) in [4.78, 5) is 4.29. The maximum absolute atomic E-state index is 6.08. The number of ether oxygens (including phenoxy) is 1. The fourth-order valence-corrected chi connectivity index (χ4v) is 1.94. The zero-order valence-corrected chi connectivity index (χ0v) is 10.5. The van der Waals surface area contributed by atoms with Gasteiger partial charge < -0.3 is 15.0 Å². The van der Waals surface area contributed by atoms with Gasteiger partial charge in [-0.05, 0) is 18.8 Å². The van der Waals surface area contributed by atoms with Crippen LogP contribution >= 0.6 is 0 Å². The van der Waals surface area contributed by atoms with E-state index in [2.05, 4.69) is 11.9 Å². The van der Waals surface area contributed by atoms with E-state index in [1.165, 1.54) is 0 Å². The quantitative estimate of drug-likeness (QED) is 0.762. The predicted octanol–water partition coefficient (Wildman–Crippen LogP) is 1.35. The van der Waals surface area contributed by atoms with Gasteiger partial charge in [0.15, 0.2) is 0 Å². The molecule has 2 N–H and O–H groups in total. The molecule has 4 heteroatoms. The van der Waals surface area contributed by atoms with Gasteiger partial charge in [0.1, 0.15) is 5.82 Å². The average molecular weight is 225 g/mol. The number of aromatic nitrogens is 2. The van der Waals surface area contributed by atoms with Crippen LogP contribution < -0.4 is 5.73 Å². The van der Waals surface area contributed by atoms with Crippen molar-refractivity contribution >= 4 is 0 Å². The fourth-order valence-electron chi connectivity index (χ4n) is 1.94. The molecule has 4 nitrogen and oxygen atoms in total. The first-order valence-corrected chi connectivity index (χ1v) is 5.84. The first kappa shape index (κ1) is 13.2. The Balaban J connectivity index is 2.25. The van der Waals surface area contributed by atoms with Crippen LogP contribution in [0, 0.1) is 5.92 Å². The van der Waals surface area contributed by atoms with Gasteiger partial charge in [-0.15, -0.1) is 0 Å². The second kappa shape index (κ2) is 6.66. The highest BCUT2D eigenvalue weighted by atomic mass is 16.5. The van der Waals surface area contributed by atoms with Crippen LogP contribution in [-0.2, 0) is 18.2 Å². The largest absolute Gasteiger partial charge is 0.384 e. The van der Waals surface area contributed by atoms with Crippen LogP contribution in [0.4, 0.5) is 0 Å². The summed E-state index contributed by atoms with van der Waals surface area (Å²) >= 11 is 0. The molecule has 0 aliphatic carbocycles. The van der Waals surface area contributed by atoms with Gasteiger partial charge in [0, 0.05) is 45.6 Å². The predicted molar refractivity (Wildman–Crippen MR) is 65.2 cm³/mol. The minimum absolute atomic E-state index is 0.238. The smallest absolute Gasteiger partial charge is 0.108 e. The molecule has 2 unspecified atom stereocenters. The third kappa shape index (κ3) is 4.33. The van der Waals surface area contributed by atoms with Crippen molar-refractivity contribution in [1.82, 2.24) is 9.55 Å². The van der Waals surface area contributed by atoms with Crippen molar-refractivity contribution in [1.29, 1.82) is 0 Å². The summed E-state index contributed by atoms with van der Waals surface area (Å²) in [6.45, 7) is 2.96. The molecule has 0 saturated heterocycles. The number of methoxy groups -OCH3 is 1. The lowest BCUT2D eigenvalue weighted by molar-refractivity contribution is 0.151. The number of rotatable bonds is 7. The summed E-state index contributed by atoms with van der Waals surface area (Å²) in [6, 6.07) is 0.238. The van der Waals surface area contributed by atoms with Gasteiger partial charge in [0.25, 0.3) is 0 Å². The van der Waals surface area contributed by atoms with Crippen molar-refractivity contribution in [3.05, 3.63) is 18.2 Å². The molecule has 2 atom stereocenters. The molecule has 1 aromatic heterocycles. The zero-order valence-electron chi connectivity index (χ0n) is 10.5. The molecule has 0 aliphatic rings. The van der Waals surface area contributed by atoms with E-state index in [1.54, 1.807) is 7.11 Å². The second-order valence-electron chi connectivity index (χ2n) is 4.55. The fraction of sp³-hybridized carbons (Fsp3) is 0.750. The Hall–Kier alpha value is -0.870. The lowest BCUT2D eigenvalue weighted by Gasteiger charge is -2.16. The number of nitrogens with zero attached hydrogens (tertiary/aromatic N) is 2. The van der Waals surface area contributed by atoms with E-state index in [4.69, 9.17) is 10.5 Å². The highest BCUT2D eigenvalue weighted by Crippen LogP contribution is 2.09. The van der Waals surface area contributed by atoms with E-state index in [0.717, 1.165) is 31.7 Å². The molecule has 0 fully saturated rings. The van der Waals surface area contributed by atoms with Crippen molar-refractivity contribution in [3.63, 3.8) is 0 Å². The summed E-state index contributed by atoms with van der Waals surface area (Å²) in [5, 5.41) is 0. The standard InChI is InChI=1S/C12H23N3O/c1-10(9-16-3)8-11(13)4-5-12-14-6-7-15(12)2/h6-7,10-11H,4-5,8-9,13H2,1-3H3. The van der Waals surface area contributed by atoms with Crippen molar-refractivity contribution in [2.24, 2.45) is 18.7 Å². The molecular formula is C12H23N3O. The molecule has 0 spiro atoms. The van der Waals surface area contributed by atoms with Gasteiger partial charge in [-0.25, -0.2) is 4.98 Å². The van der Waals surface area contributed by atoms with Gasteiger partial charge >= 0.3 is 0 Å². The van der Waals surface area contributed by atoms with Gasteiger partial charge in [-0.3, -0.25) is 0 Å². The Labute approximate surface area is 97.8 Å². The third-order valence-electron chi connectivity index (χ3n) is 2.82. The molecule has 0 aliphatic heterocycles. The Morgan fingerprint density at radius 3 is 2.88 bits per heavy atom. The molecule has 0 saturated carbocycles. The van der Waals surface area contributed by atoms with E-state index >= 15 is 0 Å². The molecule has 1 rings (SSSR count). The van der Waals surface area contributed by atoms with Crippen molar-refractivity contribution in [2.75, 3.05) is 13.7 Å². The highest BCUT2D eigenvalue weighted by Gasteiger charge is 2.10. The number of nitrogens with two attached hydrogens (primary N) is 1. The molecule has 92 valence electrons. The Morgan fingerprint density at radius 1 is 1.56 bits per heavy atom. The molecule has 16 heavy (non-hydrogen) atoms. The van der Waals surface area contributed by atoms with Crippen molar-refractivity contribution < 1.29 is 4.74 Å². The number of hydrogen-bond donors (Lipinski definition) is 1. The Morgan fingerprint density at radius 2 is 2.31 bits per heavy atom. The average Bonchev–Trinajstić information content (AvgIpc) is 2.61. The SMILES string of the molecule is COCC(C)CC(N)CCc1nccn1C. The van der Waals surface area contributed by atoms with Crippen LogP contribution in [0.25, 0.3) is 0 Å². The van der Waals surface area contributed by atoms with Crippen molar-refractivity contribution in [3.8, 4) is 0 Å². The Bertz CT molecular complexity index is 298. The highest BCUT2D eigenvalue weighted by molar-refractivity contribution is 4.91. The maximum atomic E-state index is 6.08. The van der Waals surface area contributed by atoms with Crippen LogP contribution in [0.2, 0.25) is 0 Å². The second-order valence-corrected chi connectivity index (χ2v) is 4.55. The molecule has 0 radical (unpaired) electrons. The van der Waals surface area contributed by atoms with Gasteiger partial charge in [0.05, 0.1) is 0 Å². The molecule has 1 heterocycles. The monoisotopic (exact) mass is 225 g/mol. The van der Waals surface area contributed by atoms with E-state index in [-0.39, 0.29) is 6.04 Å². The first-order chi connectivity index (χ1) is 7.63. The van der Waals surface area contributed by atoms with Crippen LogP contribution in [-0.4, -0.2) is 29.3 Å². The molecule has 0 amide bonds. The lowest BCUT2D eigenvalue weighted by atomic mass is 9.99. The number of aryl methyl sites for hydroxylation is 2. The van der Waals surface area contributed by atoms with Crippen LogP contribution in [0.1, 0.15) is 25.6 Å². The molecule has 0 aromatic carbocycles. The number of hydrogen-bond acceptors (Lipinski definition) is 3. The van der Waals surface area contributed by atoms with E-state index < -0.39 is 0 Å². The normalized spacial score (nSPS) is 15.0. The summed E-state index contributed by atoms with van der Waals surface area (Å²) in [5.74, 6) is 1.64. The maximum Gasteiger partial charge on any atom is 0.108 e. The minimum atomic E-state index is 0.238. The first-order valence-electron chi connectivity index (χ1n) is 5.84. The lowest BCUT2D eigenvalue weighted by Crippen LogP contribution is -2.25. The molecular weight excluding hydrogens is 202 g/mol. The zero-order chi connectivity index (χ0) is 12.0. The van der Waals surface area contributed by atoms with E-state index in [0.29, 0.717) is 5.92 Å². The Kier molecular flexibility index (Phi) is 5.49. The minimum Gasteiger partial charge on any atom is -0.384 e. The van der Waals surface area contributed by atoms with E-state index in [1.807, 2.05) is 24.0 Å². The van der Waals surface area contributed by atoms with Gasteiger partial charge in [-0.2, -0.15) is 0 Å².